The first-order valence-corrected chi connectivity index (χ1v) is 17.7. The summed E-state index contributed by atoms with van der Waals surface area (Å²) in [6.45, 7) is 1.21. The van der Waals surface area contributed by atoms with Gasteiger partial charge in [-0.15, -0.1) is 0 Å². The average molecular weight is 656 g/mol. The molecule has 0 radical (unpaired) electrons. The Morgan fingerprint density at radius 3 is 2.06 bits per heavy atom. The highest BCUT2D eigenvalue weighted by atomic mass is 32.2. The van der Waals surface area contributed by atoms with Gasteiger partial charge >= 0.3 is 0 Å². The maximum absolute atomic E-state index is 15.1. The Balaban J connectivity index is 1.56. The number of benzene rings is 4. The summed E-state index contributed by atoms with van der Waals surface area (Å²) < 4.78 is 44.5. The summed E-state index contributed by atoms with van der Waals surface area (Å²) in [5.41, 5.74) is 2.39. The normalized spacial score (nSPS) is 14.3. The van der Waals surface area contributed by atoms with Gasteiger partial charge < -0.3 is 10.2 Å². The van der Waals surface area contributed by atoms with Gasteiger partial charge in [0.15, 0.2) is 0 Å². The number of halogens is 1. The molecule has 1 N–H and O–H groups in total. The van der Waals surface area contributed by atoms with Crippen LogP contribution in [0.15, 0.2) is 114 Å². The van der Waals surface area contributed by atoms with Gasteiger partial charge in [0.05, 0.1) is 10.6 Å². The highest BCUT2D eigenvalue weighted by Gasteiger charge is 2.35. The van der Waals surface area contributed by atoms with E-state index in [0.29, 0.717) is 5.69 Å². The fourth-order valence-electron chi connectivity index (χ4n) is 6.05. The maximum atomic E-state index is 15.1. The van der Waals surface area contributed by atoms with E-state index in [1.54, 1.807) is 48.5 Å². The van der Waals surface area contributed by atoms with E-state index in [1.807, 2.05) is 49.4 Å². The van der Waals surface area contributed by atoms with Gasteiger partial charge in [-0.1, -0.05) is 105 Å². The van der Waals surface area contributed by atoms with Crippen molar-refractivity contribution in [3.05, 3.63) is 132 Å². The lowest BCUT2D eigenvalue weighted by molar-refractivity contribution is -0.140. The fraction of sp³-hybridized carbons (Fsp3) is 0.316. The smallest absolute Gasteiger partial charge is 0.264 e. The zero-order valence-electron chi connectivity index (χ0n) is 26.7. The second-order valence-corrected chi connectivity index (χ2v) is 13.9. The molecule has 0 spiro atoms. The quantitative estimate of drug-likeness (QED) is 0.174. The molecule has 0 saturated heterocycles. The molecule has 246 valence electrons. The van der Waals surface area contributed by atoms with E-state index in [4.69, 9.17) is 0 Å². The van der Waals surface area contributed by atoms with Crippen LogP contribution < -0.4 is 9.62 Å². The van der Waals surface area contributed by atoms with E-state index < -0.39 is 34.3 Å². The molecule has 2 amide bonds. The molecule has 47 heavy (non-hydrogen) atoms. The summed E-state index contributed by atoms with van der Waals surface area (Å²) in [7, 11) is -4.20. The largest absolute Gasteiger partial charge is 0.352 e. The van der Waals surface area contributed by atoms with E-state index in [0.717, 1.165) is 54.0 Å². The predicted molar refractivity (Wildman–Crippen MR) is 183 cm³/mol. The van der Waals surface area contributed by atoms with Crippen molar-refractivity contribution in [2.24, 2.45) is 0 Å². The van der Waals surface area contributed by atoms with Gasteiger partial charge in [0.1, 0.15) is 18.4 Å². The highest BCUT2D eigenvalue weighted by Crippen LogP contribution is 2.26. The highest BCUT2D eigenvalue weighted by molar-refractivity contribution is 7.92. The van der Waals surface area contributed by atoms with Crippen LogP contribution in [0.4, 0.5) is 10.1 Å². The third-order valence-corrected chi connectivity index (χ3v) is 10.6. The van der Waals surface area contributed by atoms with Crippen LogP contribution in [0.2, 0.25) is 0 Å². The minimum Gasteiger partial charge on any atom is -0.352 e. The molecule has 9 heteroatoms. The van der Waals surface area contributed by atoms with Crippen molar-refractivity contribution in [3.8, 4) is 0 Å². The Morgan fingerprint density at radius 1 is 0.809 bits per heavy atom. The number of sulfonamides is 1. The van der Waals surface area contributed by atoms with Crippen LogP contribution >= 0.6 is 0 Å². The predicted octanol–water partition coefficient (Wildman–Crippen LogP) is 6.67. The number of carbonyl (C=O) groups excluding carboxylic acids is 2. The summed E-state index contributed by atoms with van der Waals surface area (Å²) >= 11 is 0. The van der Waals surface area contributed by atoms with Crippen LogP contribution in [0.1, 0.15) is 55.7 Å². The summed E-state index contributed by atoms with van der Waals surface area (Å²) in [6, 6.07) is 29.5. The molecule has 0 aliphatic heterocycles. The number of nitrogens with zero attached hydrogens (tertiary/aromatic N) is 2. The number of anilines is 1. The Kier molecular flexibility index (Phi) is 11.4. The molecule has 1 aliphatic rings. The first-order chi connectivity index (χ1) is 22.8. The molecule has 1 saturated carbocycles. The number of nitrogens with one attached hydrogen (secondary N) is 1. The second-order valence-electron chi connectivity index (χ2n) is 12.0. The van der Waals surface area contributed by atoms with Gasteiger partial charge in [0, 0.05) is 24.6 Å². The molecule has 5 rings (SSSR count). The van der Waals surface area contributed by atoms with Crippen molar-refractivity contribution in [1.29, 1.82) is 0 Å². The van der Waals surface area contributed by atoms with Crippen molar-refractivity contribution < 1.29 is 22.4 Å². The second kappa shape index (κ2) is 15.9. The molecule has 4 aromatic rings. The van der Waals surface area contributed by atoms with Crippen LogP contribution in [0, 0.1) is 5.82 Å². The van der Waals surface area contributed by atoms with Gasteiger partial charge in [0.25, 0.3) is 10.0 Å². The molecule has 4 aromatic carbocycles. The van der Waals surface area contributed by atoms with Gasteiger partial charge in [-0.25, -0.2) is 12.8 Å². The summed E-state index contributed by atoms with van der Waals surface area (Å²) in [4.78, 5) is 30.1. The Morgan fingerprint density at radius 2 is 1.43 bits per heavy atom. The van der Waals surface area contributed by atoms with Crippen LogP contribution in [-0.4, -0.2) is 43.8 Å². The molecule has 0 bridgehead atoms. The summed E-state index contributed by atoms with van der Waals surface area (Å²) in [5, 5.41) is 3.17. The topological polar surface area (TPSA) is 86.8 Å². The van der Waals surface area contributed by atoms with E-state index in [2.05, 4.69) is 5.32 Å². The van der Waals surface area contributed by atoms with Gasteiger partial charge in [0.2, 0.25) is 11.8 Å². The zero-order valence-corrected chi connectivity index (χ0v) is 27.5. The van der Waals surface area contributed by atoms with Gasteiger partial charge in [-0.05, 0) is 60.7 Å². The minimum absolute atomic E-state index is 0.0213. The molecule has 0 aromatic heterocycles. The number of hydrogen-bond acceptors (Lipinski definition) is 4. The number of carbonyl (C=O) groups is 2. The van der Waals surface area contributed by atoms with Crippen molar-refractivity contribution in [2.45, 2.75) is 75.4 Å². The lowest BCUT2D eigenvalue weighted by Gasteiger charge is -2.35. The molecular formula is C38H42FN3O4S. The van der Waals surface area contributed by atoms with Gasteiger partial charge in [-0.3, -0.25) is 13.9 Å². The Hall–Kier alpha value is -4.50. The lowest BCUT2D eigenvalue weighted by Crippen LogP contribution is -2.55. The molecule has 1 atom stereocenters. The molecule has 7 nitrogen and oxygen atoms in total. The fourth-order valence-corrected chi connectivity index (χ4v) is 7.49. The monoisotopic (exact) mass is 655 g/mol. The van der Waals surface area contributed by atoms with Crippen LogP contribution in [-0.2, 0) is 39.0 Å². The molecule has 0 unspecified atom stereocenters. The lowest BCUT2D eigenvalue weighted by atomic mass is 9.94. The van der Waals surface area contributed by atoms with Crippen molar-refractivity contribution in [2.75, 3.05) is 10.8 Å². The van der Waals surface area contributed by atoms with Crippen LogP contribution in [0.25, 0.3) is 0 Å². The zero-order chi connectivity index (χ0) is 33.2. The minimum atomic E-state index is -4.20. The van der Waals surface area contributed by atoms with Crippen molar-refractivity contribution in [3.63, 3.8) is 0 Å². The van der Waals surface area contributed by atoms with Gasteiger partial charge in [-0.2, -0.15) is 0 Å². The van der Waals surface area contributed by atoms with Crippen molar-refractivity contribution in [1.82, 2.24) is 10.2 Å². The Bertz CT molecular complexity index is 1730. The average Bonchev–Trinajstić information content (AvgIpc) is 3.10. The number of hydrogen-bond donors (Lipinski definition) is 1. The first-order valence-electron chi connectivity index (χ1n) is 16.3. The summed E-state index contributed by atoms with van der Waals surface area (Å²) in [6.07, 6.45) is 5.77. The summed E-state index contributed by atoms with van der Waals surface area (Å²) in [5.74, 6) is -1.47. The molecule has 1 aliphatic carbocycles. The first kappa shape index (κ1) is 33.9. The SMILES string of the molecule is CCc1ccc(N(CC(=O)N(Cc2ccccc2F)[C@H](Cc2ccccc2)C(=O)NC2CCCCC2)S(=O)(=O)c2ccccc2)cc1. The number of rotatable bonds is 13. The third kappa shape index (κ3) is 8.65. The van der Waals surface area contributed by atoms with E-state index in [1.165, 1.54) is 23.1 Å². The molecule has 1 fully saturated rings. The van der Waals surface area contributed by atoms with E-state index >= 15 is 4.39 Å². The third-order valence-electron chi connectivity index (χ3n) is 8.76. The molecular weight excluding hydrogens is 614 g/mol. The van der Waals surface area contributed by atoms with Crippen molar-refractivity contribution >= 4 is 27.5 Å². The number of amides is 2. The maximum Gasteiger partial charge on any atom is 0.264 e. The number of aryl methyl sites for hydroxylation is 1. The standard InChI is InChI=1S/C38H42FN3O4S/c1-2-29-22-24-33(25-23-29)42(47(45,46)34-19-10-5-11-20-34)28-37(43)41(27-31-16-12-13-21-35(31)39)36(26-30-14-6-3-7-15-30)38(44)40-32-17-8-4-9-18-32/h3,5-7,10-16,19-25,32,36H,2,4,8-9,17-18,26-28H2,1H3,(H,40,44)/t36-/m1/s1. The van der Waals surface area contributed by atoms with E-state index in [-0.39, 0.29) is 35.4 Å². The van der Waals surface area contributed by atoms with Crippen LogP contribution in [0.3, 0.4) is 0 Å². The van der Waals surface area contributed by atoms with Crippen LogP contribution in [0.5, 0.6) is 0 Å². The molecule has 0 heterocycles. The Labute approximate surface area is 277 Å². The van der Waals surface area contributed by atoms with E-state index in [9.17, 15) is 18.0 Å².